The molecule has 0 unspecified atom stereocenters. The molecule has 0 fully saturated rings. The van der Waals surface area contributed by atoms with E-state index in [4.69, 9.17) is 5.73 Å². The Morgan fingerprint density at radius 1 is 1.50 bits per heavy atom. The van der Waals surface area contributed by atoms with E-state index in [1.807, 2.05) is 25.1 Å². The standard InChI is InChI=1S/C13H17N3O2/c1-2-5-9(14)13(18)16-8-12(17)15-10-6-3-4-7-11(10)16/h3-4,6-7,9H,2,5,8,14H2,1H3,(H,15,17)/t9-/m1/s1. The number of para-hydroxylation sites is 2. The number of carbonyl (C=O) groups excluding carboxylic acids is 2. The molecule has 3 N–H and O–H groups in total. The van der Waals surface area contributed by atoms with Gasteiger partial charge in [-0.05, 0) is 18.6 Å². The summed E-state index contributed by atoms with van der Waals surface area (Å²) >= 11 is 0. The summed E-state index contributed by atoms with van der Waals surface area (Å²) in [5, 5.41) is 2.74. The second kappa shape index (κ2) is 5.18. The van der Waals surface area contributed by atoms with Crippen molar-refractivity contribution in [1.82, 2.24) is 0 Å². The van der Waals surface area contributed by atoms with Gasteiger partial charge in [0.15, 0.2) is 0 Å². The number of nitrogens with two attached hydrogens (primary N) is 1. The predicted octanol–water partition coefficient (Wildman–Crippen LogP) is 1.10. The van der Waals surface area contributed by atoms with Crippen LogP contribution in [-0.4, -0.2) is 24.4 Å². The number of benzene rings is 1. The van der Waals surface area contributed by atoms with Gasteiger partial charge in [0.2, 0.25) is 11.8 Å². The molecular weight excluding hydrogens is 230 g/mol. The molecule has 18 heavy (non-hydrogen) atoms. The summed E-state index contributed by atoms with van der Waals surface area (Å²) in [5.74, 6) is -0.384. The largest absolute Gasteiger partial charge is 0.323 e. The van der Waals surface area contributed by atoms with E-state index in [0.29, 0.717) is 17.8 Å². The lowest BCUT2D eigenvalue weighted by atomic mass is 10.1. The fraction of sp³-hybridized carbons (Fsp3) is 0.385. The van der Waals surface area contributed by atoms with Crippen LogP contribution >= 0.6 is 0 Å². The molecule has 0 bridgehead atoms. The van der Waals surface area contributed by atoms with Crippen molar-refractivity contribution in [3.63, 3.8) is 0 Å². The lowest BCUT2D eigenvalue weighted by Gasteiger charge is -2.30. The third-order valence-corrected chi connectivity index (χ3v) is 2.95. The SMILES string of the molecule is CCC[C@@H](N)C(=O)N1CC(=O)Nc2ccccc21. The lowest BCUT2D eigenvalue weighted by Crippen LogP contribution is -2.49. The highest BCUT2D eigenvalue weighted by molar-refractivity contribution is 6.11. The van der Waals surface area contributed by atoms with Crippen LogP contribution in [0.2, 0.25) is 0 Å². The highest BCUT2D eigenvalue weighted by atomic mass is 16.2. The van der Waals surface area contributed by atoms with Crippen molar-refractivity contribution in [3.8, 4) is 0 Å². The minimum atomic E-state index is -0.547. The van der Waals surface area contributed by atoms with E-state index < -0.39 is 6.04 Å². The molecular formula is C13H17N3O2. The highest BCUT2D eigenvalue weighted by Crippen LogP contribution is 2.29. The van der Waals surface area contributed by atoms with Crippen LogP contribution in [0, 0.1) is 0 Å². The number of fused-ring (bicyclic) bond motifs is 1. The van der Waals surface area contributed by atoms with E-state index in [2.05, 4.69) is 5.32 Å². The van der Waals surface area contributed by atoms with Gasteiger partial charge in [0.05, 0.1) is 17.4 Å². The van der Waals surface area contributed by atoms with Crippen molar-refractivity contribution < 1.29 is 9.59 Å². The number of rotatable bonds is 3. The number of amides is 2. The van der Waals surface area contributed by atoms with Crippen molar-refractivity contribution >= 4 is 23.2 Å². The number of nitrogens with zero attached hydrogens (tertiary/aromatic N) is 1. The van der Waals surface area contributed by atoms with Crippen molar-refractivity contribution in [2.45, 2.75) is 25.8 Å². The van der Waals surface area contributed by atoms with Crippen molar-refractivity contribution in [2.75, 3.05) is 16.8 Å². The van der Waals surface area contributed by atoms with Gasteiger partial charge in [0.1, 0.15) is 6.54 Å². The van der Waals surface area contributed by atoms with Gasteiger partial charge in [-0.1, -0.05) is 25.5 Å². The molecule has 0 aromatic heterocycles. The summed E-state index contributed by atoms with van der Waals surface area (Å²) in [5.41, 5.74) is 7.21. The smallest absolute Gasteiger partial charge is 0.244 e. The van der Waals surface area contributed by atoms with Crippen LogP contribution in [0.1, 0.15) is 19.8 Å². The Labute approximate surface area is 106 Å². The molecule has 1 aromatic carbocycles. The molecule has 0 spiro atoms. The van der Waals surface area contributed by atoms with Crippen LogP contribution in [-0.2, 0) is 9.59 Å². The molecule has 5 heteroatoms. The van der Waals surface area contributed by atoms with Gasteiger partial charge in [0, 0.05) is 0 Å². The first-order valence-electron chi connectivity index (χ1n) is 6.09. The second-order valence-electron chi connectivity index (χ2n) is 4.38. The first-order valence-corrected chi connectivity index (χ1v) is 6.09. The summed E-state index contributed by atoms with van der Waals surface area (Å²) in [6.07, 6.45) is 1.47. The van der Waals surface area contributed by atoms with Crippen LogP contribution < -0.4 is 16.0 Å². The number of carbonyl (C=O) groups is 2. The Hall–Kier alpha value is -1.88. The summed E-state index contributed by atoms with van der Waals surface area (Å²) < 4.78 is 0. The molecule has 0 radical (unpaired) electrons. The first kappa shape index (κ1) is 12.6. The van der Waals surface area contributed by atoms with E-state index >= 15 is 0 Å². The molecule has 0 aliphatic carbocycles. The van der Waals surface area contributed by atoms with Crippen LogP contribution in [0.5, 0.6) is 0 Å². The third-order valence-electron chi connectivity index (χ3n) is 2.95. The number of nitrogens with one attached hydrogen (secondary N) is 1. The van der Waals surface area contributed by atoms with Crippen molar-refractivity contribution in [3.05, 3.63) is 24.3 Å². The summed E-state index contributed by atoms with van der Waals surface area (Å²) in [6, 6.07) is 6.69. The van der Waals surface area contributed by atoms with E-state index in [9.17, 15) is 9.59 Å². The Kier molecular flexibility index (Phi) is 3.62. The Balaban J connectivity index is 2.28. The third kappa shape index (κ3) is 2.36. The lowest BCUT2D eigenvalue weighted by molar-refractivity contribution is -0.122. The molecule has 96 valence electrons. The maximum Gasteiger partial charge on any atom is 0.244 e. The van der Waals surface area contributed by atoms with E-state index in [-0.39, 0.29) is 18.4 Å². The monoisotopic (exact) mass is 247 g/mol. The average Bonchev–Trinajstić information content (AvgIpc) is 2.37. The molecule has 5 nitrogen and oxygen atoms in total. The topological polar surface area (TPSA) is 75.4 Å². The first-order chi connectivity index (χ1) is 8.63. The zero-order valence-electron chi connectivity index (χ0n) is 10.3. The van der Waals surface area contributed by atoms with E-state index in [1.54, 1.807) is 6.07 Å². The van der Waals surface area contributed by atoms with Gasteiger partial charge in [-0.3, -0.25) is 14.5 Å². The molecule has 0 saturated heterocycles. The quantitative estimate of drug-likeness (QED) is 0.839. The number of anilines is 2. The molecule has 1 aliphatic rings. The molecule has 0 saturated carbocycles. The normalized spacial score (nSPS) is 15.9. The Morgan fingerprint density at radius 2 is 2.22 bits per heavy atom. The maximum absolute atomic E-state index is 12.2. The maximum atomic E-state index is 12.2. The van der Waals surface area contributed by atoms with Crippen LogP contribution in [0.25, 0.3) is 0 Å². The van der Waals surface area contributed by atoms with Crippen LogP contribution in [0.3, 0.4) is 0 Å². The molecule has 2 amide bonds. The van der Waals surface area contributed by atoms with Gasteiger partial charge in [-0.2, -0.15) is 0 Å². The Morgan fingerprint density at radius 3 is 2.94 bits per heavy atom. The predicted molar refractivity (Wildman–Crippen MR) is 70.3 cm³/mol. The molecule has 1 heterocycles. The molecule has 1 aliphatic heterocycles. The summed E-state index contributed by atoms with van der Waals surface area (Å²) in [4.78, 5) is 25.3. The molecule has 2 rings (SSSR count). The van der Waals surface area contributed by atoms with Crippen LogP contribution in [0.4, 0.5) is 11.4 Å². The van der Waals surface area contributed by atoms with E-state index in [1.165, 1.54) is 4.90 Å². The summed E-state index contributed by atoms with van der Waals surface area (Å²) in [7, 11) is 0. The fourth-order valence-corrected chi connectivity index (χ4v) is 2.06. The minimum absolute atomic E-state index is 0.0350. The molecule has 1 atom stereocenters. The van der Waals surface area contributed by atoms with E-state index in [0.717, 1.165) is 6.42 Å². The second-order valence-corrected chi connectivity index (χ2v) is 4.38. The van der Waals surface area contributed by atoms with Crippen molar-refractivity contribution in [2.24, 2.45) is 5.73 Å². The molecule has 1 aromatic rings. The zero-order valence-corrected chi connectivity index (χ0v) is 10.3. The van der Waals surface area contributed by atoms with Gasteiger partial charge in [-0.25, -0.2) is 0 Å². The zero-order chi connectivity index (χ0) is 13.1. The van der Waals surface area contributed by atoms with Gasteiger partial charge >= 0.3 is 0 Å². The average molecular weight is 247 g/mol. The number of hydrogen-bond acceptors (Lipinski definition) is 3. The summed E-state index contributed by atoms with van der Waals surface area (Å²) in [6.45, 7) is 2.01. The fourth-order valence-electron chi connectivity index (χ4n) is 2.06. The highest BCUT2D eigenvalue weighted by Gasteiger charge is 2.29. The van der Waals surface area contributed by atoms with Crippen LogP contribution in [0.15, 0.2) is 24.3 Å². The van der Waals surface area contributed by atoms with Crippen molar-refractivity contribution in [1.29, 1.82) is 0 Å². The Bertz CT molecular complexity index is 473. The minimum Gasteiger partial charge on any atom is -0.323 e. The van der Waals surface area contributed by atoms with Gasteiger partial charge in [-0.15, -0.1) is 0 Å². The van der Waals surface area contributed by atoms with Gasteiger partial charge < -0.3 is 11.1 Å². The van der Waals surface area contributed by atoms with Gasteiger partial charge in [0.25, 0.3) is 0 Å². The number of hydrogen-bond donors (Lipinski definition) is 2.